The van der Waals surface area contributed by atoms with Crippen LogP contribution in [0.25, 0.3) is 0 Å². The Bertz CT molecular complexity index is 671. The molecule has 1 aromatic carbocycles. The van der Waals surface area contributed by atoms with Crippen LogP contribution in [0, 0.1) is 6.92 Å². The first-order valence-electron chi connectivity index (χ1n) is 5.35. The van der Waals surface area contributed by atoms with E-state index in [1.54, 1.807) is 6.92 Å². The zero-order valence-corrected chi connectivity index (χ0v) is 12.5. The van der Waals surface area contributed by atoms with E-state index in [9.17, 15) is 16.8 Å². The zero-order valence-electron chi connectivity index (χ0n) is 10.9. The lowest BCUT2D eigenvalue weighted by Gasteiger charge is -2.11. The summed E-state index contributed by atoms with van der Waals surface area (Å²) in [5, 5.41) is 0. The molecule has 0 unspecified atom stereocenters. The number of hydrogen-bond donors (Lipinski definition) is 2. The summed E-state index contributed by atoms with van der Waals surface area (Å²) < 4.78 is 62.0. The van der Waals surface area contributed by atoms with Gasteiger partial charge in [-0.1, -0.05) is 0 Å². The summed E-state index contributed by atoms with van der Waals surface area (Å²) in [4.78, 5) is -0.0766. The highest BCUT2D eigenvalue weighted by atomic mass is 32.3. The minimum Gasteiger partial charge on any atom is -0.494 e. The van der Waals surface area contributed by atoms with Gasteiger partial charge in [-0.05, 0) is 24.6 Å². The van der Waals surface area contributed by atoms with Crippen LogP contribution in [0.15, 0.2) is 17.0 Å². The highest BCUT2D eigenvalue weighted by Crippen LogP contribution is 2.29. The molecule has 0 saturated heterocycles. The molecule has 0 heterocycles. The quantitative estimate of drug-likeness (QED) is 0.559. The number of nitrogens with two attached hydrogens (primary N) is 1. The van der Waals surface area contributed by atoms with Crippen molar-refractivity contribution in [2.24, 2.45) is 0 Å². The fourth-order valence-corrected chi connectivity index (χ4v) is 3.19. The number of anilines is 1. The van der Waals surface area contributed by atoms with E-state index in [-0.39, 0.29) is 10.6 Å². The van der Waals surface area contributed by atoms with Crippen molar-refractivity contribution in [3.63, 3.8) is 0 Å². The Labute approximate surface area is 117 Å². The molecule has 0 radical (unpaired) electrons. The summed E-state index contributed by atoms with van der Waals surface area (Å²) in [5.41, 5.74) is 6.35. The van der Waals surface area contributed by atoms with Crippen LogP contribution in [0.1, 0.15) is 5.56 Å². The highest BCUT2D eigenvalue weighted by Gasteiger charge is 2.19. The third-order valence-electron chi connectivity index (χ3n) is 2.42. The Morgan fingerprint density at radius 2 is 1.85 bits per heavy atom. The van der Waals surface area contributed by atoms with Gasteiger partial charge in [0.05, 0.1) is 30.1 Å². The predicted octanol–water partition coefficient (Wildman–Crippen LogP) is 0.179. The van der Waals surface area contributed by atoms with E-state index in [2.05, 4.69) is 4.18 Å². The van der Waals surface area contributed by atoms with E-state index in [0.29, 0.717) is 11.3 Å². The molecular weight excluding hydrogens is 310 g/mol. The second kappa shape index (κ2) is 5.95. The van der Waals surface area contributed by atoms with Crippen LogP contribution in [0.4, 0.5) is 5.69 Å². The van der Waals surface area contributed by atoms with E-state index in [1.165, 1.54) is 19.2 Å². The Morgan fingerprint density at radius 1 is 1.25 bits per heavy atom. The second-order valence-corrected chi connectivity index (χ2v) is 7.13. The number of ether oxygens (including phenoxy) is 1. The van der Waals surface area contributed by atoms with Crippen molar-refractivity contribution in [2.75, 3.05) is 25.2 Å². The van der Waals surface area contributed by atoms with E-state index in [4.69, 9.17) is 15.0 Å². The minimum atomic E-state index is -4.66. The molecule has 0 saturated carbocycles. The van der Waals surface area contributed by atoms with Crippen molar-refractivity contribution in [2.45, 2.75) is 11.8 Å². The van der Waals surface area contributed by atoms with Crippen molar-refractivity contribution < 1.29 is 30.3 Å². The number of hydrogen-bond acceptors (Lipinski definition) is 7. The van der Waals surface area contributed by atoms with Gasteiger partial charge in [-0.25, -0.2) is 12.6 Å². The number of nitrogen functional groups attached to an aromatic ring is 1. The van der Waals surface area contributed by atoms with Crippen LogP contribution in [0.3, 0.4) is 0 Å². The molecule has 8 nitrogen and oxygen atoms in total. The second-order valence-electron chi connectivity index (χ2n) is 3.93. The molecule has 0 fully saturated rings. The van der Waals surface area contributed by atoms with Gasteiger partial charge in [-0.15, -0.1) is 0 Å². The lowest BCUT2D eigenvalue weighted by Crippen LogP contribution is -2.16. The molecule has 3 N–H and O–H groups in total. The molecule has 0 atom stereocenters. The minimum absolute atomic E-state index is 0.0766. The van der Waals surface area contributed by atoms with E-state index >= 15 is 0 Å². The molecule has 114 valence electrons. The van der Waals surface area contributed by atoms with Crippen LogP contribution in [0.5, 0.6) is 5.75 Å². The van der Waals surface area contributed by atoms with Crippen molar-refractivity contribution in [3.8, 4) is 5.75 Å². The molecule has 1 aromatic rings. The molecule has 0 spiro atoms. The zero-order chi connectivity index (χ0) is 15.6. The third-order valence-corrected chi connectivity index (χ3v) is 4.55. The Hall–Kier alpha value is -1.36. The summed E-state index contributed by atoms with van der Waals surface area (Å²) in [6, 6.07) is 2.58. The van der Waals surface area contributed by atoms with Gasteiger partial charge in [0.15, 0.2) is 9.84 Å². The van der Waals surface area contributed by atoms with Crippen LogP contribution in [-0.4, -0.2) is 40.9 Å². The SMILES string of the molecule is COc1c(C)cc(S(=O)(=O)CCOS(=O)(=O)O)cc1N. The van der Waals surface area contributed by atoms with Crippen LogP contribution in [0.2, 0.25) is 0 Å². The molecule has 20 heavy (non-hydrogen) atoms. The molecule has 10 heteroatoms. The Kier molecular flexibility index (Phi) is 4.97. The maximum Gasteiger partial charge on any atom is 0.397 e. The highest BCUT2D eigenvalue weighted by molar-refractivity contribution is 7.91. The topological polar surface area (TPSA) is 133 Å². The molecule has 0 amide bonds. The van der Waals surface area contributed by atoms with Crippen LogP contribution in [-0.2, 0) is 24.4 Å². The van der Waals surface area contributed by atoms with Crippen LogP contribution >= 0.6 is 0 Å². The van der Waals surface area contributed by atoms with Gasteiger partial charge in [0.2, 0.25) is 0 Å². The fourth-order valence-electron chi connectivity index (χ4n) is 1.59. The summed E-state index contributed by atoms with van der Waals surface area (Å²) in [5.74, 6) is -0.240. The summed E-state index contributed by atoms with van der Waals surface area (Å²) in [6.45, 7) is 0.940. The van der Waals surface area contributed by atoms with Crippen molar-refractivity contribution >= 4 is 25.9 Å². The number of rotatable bonds is 6. The first-order valence-corrected chi connectivity index (χ1v) is 8.37. The molecule has 0 aliphatic carbocycles. The van der Waals surface area contributed by atoms with E-state index < -0.39 is 32.6 Å². The molecule has 0 bridgehead atoms. The average Bonchev–Trinajstić information content (AvgIpc) is 2.26. The van der Waals surface area contributed by atoms with Crippen molar-refractivity contribution in [3.05, 3.63) is 17.7 Å². The largest absolute Gasteiger partial charge is 0.494 e. The first-order chi connectivity index (χ1) is 9.07. The Morgan fingerprint density at radius 3 is 2.30 bits per heavy atom. The number of sulfone groups is 1. The van der Waals surface area contributed by atoms with Gasteiger partial charge in [-0.2, -0.15) is 8.42 Å². The number of aryl methyl sites for hydroxylation is 1. The molecule has 0 aromatic heterocycles. The van der Waals surface area contributed by atoms with Gasteiger partial charge in [0.1, 0.15) is 5.75 Å². The lowest BCUT2D eigenvalue weighted by molar-refractivity contribution is 0.284. The van der Waals surface area contributed by atoms with Crippen molar-refractivity contribution in [1.29, 1.82) is 0 Å². The van der Waals surface area contributed by atoms with E-state index in [1.807, 2.05) is 0 Å². The smallest absolute Gasteiger partial charge is 0.397 e. The van der Waals surface area contributed by atoms with Crippen molar-refractivity contribution in [1.82, 2.24) is 0 Å². The maximum absolute atomic E-state index is 12.0. The summed E-state index contributed by atoms with van der Waals surface area (Å²) >= 11 is 0. The first kappa shape index (κ1) is 16.7. The summed E-state index contributed by atoms with van der Waals surface area (Å²) in [6.07, 6.45) is 0. The molecule has 0 aliphatic rings. The number of benzene rings is 1. The van der Waals surface area contributed by atoms with Gasteiger partial charge >= 0.3 is 10.4 Å². The summed E-state index contributed by atoms with van der Waals surface area (Å²) in [7, 11) is -7.04. The lowest BCUT2D eigenvalue weighted by atomic mass is 10.2. The normalized spacial score (nSPS) is 12.3. The average molecular weight is 325 g/mol. The van der Waals surface area contributed by atoms with Gasteiger partial charge in [0.25, 0.3) is 0 Å². The van der Waals surface area contributed by atoms with Gasteiger partial charge in [-0.3, -0.25) is 4.55 Å². The van der Waals surface area contributed by atoms with Crippen LogP contribution < -0.4 is 10.5 Å². The van der Waals surface area contributed by atoms with Gasteiger partial charge < -0.3 is 10.5 Å². The number of methoxy groups -OCH3 is 1. The fraction of sp³-hybridized carbons (Fsp3) is 0.400. The standard InChI is InChI=1S/C10H15NO7S2/c1-7-5-8(6-9(11)10(7)17-2)19(12,13)4-3-18-20(14,15)16/h5-6H,3-4,11H2,1-2H3,(H,14,15,16). The van der Waals surface area contributed by atoms with E-state index in [0.717, 1.165) is 0 Å². The predicted molar refractivity (Wildman–Crippen MR) is 71.7 cm³/mol. The molecule has 1 rings (SSSR count). The molecular formula is C10H15NO7S2. The Balaban J connectivity index is 2.99. The monoisotopic (exact) mass is 325 g/mol. The third kappa shape index (κ3) is 4.34. The molecule has 0 aliphatic heterocycles. The van der Waals surface area contributed by atoms with Gasteiger partial charge in [0, 0.05) is 0 Å². The maximum atomic E-state index is 12.0.